The summed E-state index contributed by atoms with van der Waals surface area (Å²) < 4.78 is 0. The lowest BCUT2D eigenvalue weighted by atomic mass is 9.85. The van der Waals surface area contributed by atoms with Gasteiger partial charge in [0, 0.05) is 5.56 Å². The molecule has 4 rings (SSSR count). The third-order valence-corrected chi connectivity index (χ3v) is 4.75. The van der Waals surface area contributed by atoms with Crippen LogP contribution in [0.1, 0.15) is 41.3 Å². The standard InChI is InChI=1S/C20H18O/c1-13(21)19-12-20-15-7-3-2-6-14(15)10-11-18(20)16-8-4-5-9-17(16)19/h4-5,8-12H,2-3,6-7H2,1H3. The zero-order valence-corrected chi connectivity index (χ0v) is 12.3. The van der Waals surface area contributed by atoms with Crippen LogP contribution in [0.25, 0.3) is 21.5 Å². The van der Waals surface area contributed by atoms with E-state index in [1.807, 2.05) is 6.07 Å². The summed E-state index contributed by atoms with van der Waals surface area (Å²) >= 11 is 0. The second kappa shape index (κ2) is 4.70. The Balaban J connectivity index is 2.19. The minimum absolute atomic E-state index is 0.154. The number of rotatable bonds is 1. The molecule has 1 aliphatic rings. The summed E-state index contributed by atoms with van der Waals surface area (Å²) in [6, 6.07) is 14.9. The number of benzene rings is 3. The van der Waals surface area contributed by atoms with Crippen LogP contribution in [-0.2, 0) is 12.8 Å². The van der Waals surface area contributed by atoms with E-state index in [0.29, 0.717) is 0 Å². The van der Waals surface area contributed by atoms with Crippen molar-refractivity contribution in [2.75, 3.05) is 0 Å². The quantitative estimate of drug-likeness (QED) is 0.447. The van der Waals surface area contributed by atoms with Crippen LogP contribution >= 0.6 is 0 Å². The highest BCUT2D eigenvalue weighted by Gasteiger charge is 2.16. The van der Waals surface area contributed by atoms with Crippen LogP contribution in [-0.4, -0.2) is 5.78 Å². The third-order valence-electron chi connectivity index (χ3n) is 4.75. The third kappa shape index (κ3) is 1.88. The summed E-state index contributed by atoms with van der Waals surface area (Å²) in [6.07, 6.45) is 4.86. The summed E-state index contributed by atoms with van der Waals surface area (Å²) in [5, 5.41) is 4.86. The molecule has 0 radical (unpaired) electrons. The molecule has 1 nitrogen and oxygen atoms in total. The molecule has 0 unspecified atom stereocenters. The van der Waals surface area contributed by atoms with Crippen molar-refractivity contribution in [1.29, 1.82) is 0 Å². The lowest BCUT2D eigenvalue weighted by Gasteiger charge is -2.19. The minimum atomic E-state index is 0.154. The molecular formula is C20H18O. The average Bonchev–Trinajstić information content (AvgIpc) is 2.53. The zero-order valence-electron chi connectivity index (χ0n) is 12.3. The maximum Gasteiger partial charge on any atom is 0.160 e. The molecule has 0 bridgehead atoms. The van der Waals surface area contributed by atoms with Crippen LogP contribution in [0.5, 0.6) is 0 Å². The first-order valence-electron chi connectivity index (χ1n) is 7.73. The van der Waals surface area contributed by atoms with Gasteiger partial charge in [0.1, 0.15) is 0 Å². The molecule has 21 heavy (non-hydrogen) atoms. The fourth-order valence-corrected chi connectivity index (χ4v) is 3.72. The summed E-state index contributed by atoms with van der Waals surface area (Å²) in [5.41, 5.74) is 3.79. The van der Waals surface area contributed by atoms with E-state index in [4.69, 9.17) is 0 Å². The molecule has 1 heteroatoms. The van der Waals surface area contributed by atoms with E-state index in [-0.39, 0.29) is 5.78 Å². The first-order valence-corrected chi connectivity index (χ1v) is 7.73. The number of carbonyl (C=O) groups is 1. The second-order valence-corrected chi connectivity index (χ2v) is 6.03. The summed E-state index contributed by atoms with van der Waals surface area (Å²) in [7, 11) is 0. The molecule has 0 atom stereocenters. The minimum Gasteiger partial charge on any atom is -0.294 e. The highest BCUT2D eigenvalue weighted by molar-refractivity contribution is 6.17. The largest absolute Gasteiger partial charge is 0.294 e. The Morgan fingerprint density at radius 3 is 2.38 bits per heavy atom. The first kappa shape index (κ1) is 12.6. The fourth-order valence-electron chi connectivity index (χ4n) is 3.72. The van der Waals surface area contributed by atoms with Crippen LogP contribution in [0.2, 0.25) is 0 Å². The molecule has 0 saturated carbocycles. The molecule has 0 aliphatic heterocycles. The topological polar surface area (TPSA) is 17.1 Å². The number of Topliss-reactive ketones (excluding diaryl/α,β-unsaturated/α-hetero) is 1. The number of aryl methyl sites for hydroxylation is 2. The smallest absolute Gasteiger partial charge is 0.160 e. The number of carbonyl (C=O) groups excluding carboxylic acids is 1. The summed E-state index contributed by atoms with van der Waals surface area (Å²) in [4.78, 5) is 12.1. The van der Waals surface area contributed by atoms with Gasteiger partial charge >= 0.3 is 0 Å². The Hall–Kier alpha value is -2.15. The summed E-state index contributed by atoms with van der Waals surface area (Å²) in [5.74, 6) is 0.154. The predicted molar refractivity (Wildman–Crippen MR) is 88.1 cm³/mol. The molecule has 0 saturated heterocycles. The van der Waals surface area contributed by atoms with Gasteiger partial charge in [-0.1, -0.05) is 36.4 Å². The van der Waals surface area contributed by atoms with Crippen molar-refractivity contribution in [2.45, 2.75) is 32.6 Å². The molecule has 0 heterocycles. The van der Waals surface area contributed by atoms with E-state index in [1.165, 1.54) is 46.5 Å². The molecule has 1 aliphatic carbocycles. The number of fused-ring (bicyclic) bond motifs is 5. The Bertz CT molecular complexity index is 874. The van der Waals surface area contributed by atoms with Crippen molar-refractivity contribution in [3.8, 4) is 0 Å². The highest BCUT2D eigenvalue weighted by Crippen LogP contribution is 2.35. The number of ketones is 1. The van der Waals surface area contributed by atoms with Gasteiger partial charge < -0.3 is 0 Å². The highest BCUT2D eigenvalue weighted by atomic mass is 16.1. The van der Waals surface area contributed by atoms with E-state index in [1.54, 1.807) is 6.92 Å². The van der Waals surface area contributed by atoms with E-state index < -0.39 is 0 Å². The zero-order chi connectivity index (χ0) is 14.4. The monoisotopic (exact) mass is 274 g/mol. The van der Waals surface area contributed by atoms with Crippen molar-refractivity contribution in [3.63, 3.8) is 0 Å². The van der Waals surface area contributed by atoms with Gasteiger partial charge in [-0.3, -0.25) is 4.79 Å². The molecule has 0 fully saturated rings. The van der Waals surface area contributed by atoms with Crippen molar-refractivity contribution in [3.05, 3.63) is 59.2 Å². The van der Waals surface area contributed by atoms with Crippen molar-refractivity contribution in [1.82, 2.24) is 0 Å². The van der Waals surface area contributed by atoms with Crippen LogP contribution in [0.3, 0.4) is 0 Å². The SMILES string of the molecule is CC(=O)c1cc2c3c(ccc2c2ccccc12)CCCC3. The second-order valence-electron chi connectivity index (χ2n) is 6.03. The summed E-state index contributed by atoms with van der Waals surface area (Å²) in [6.45, 7) is 1.67. The van der Waals surface area contributed by atoms with Crippen molar-refractivity contribution in [2.24, 2.45) is 0 Å². The van der Waals surface area contributed by atoms with Crippen molar-refractivity contribution >= 4 is 27.3 Å². The van der Waals surface area contributed by atoms with Gasteiger partial charge in [0.15, 0.2) is 5.78 Å². The van der Waals surface area contributed by atoms with E-state index in [2.05, 4.69) is 36.4 Å². The van der Waals surface area contributed by atoms with Crippen LogP contribution in [0.15, 0.2) is 42.5 Å². The molecule has 0 aromatic heterocycles. The molecule has 0 spiro atoms. The lowest BCUT2D eigenvalue weighted by Crippen LogP contribution is -2.04. The van der Waals surface area contributed by atoms with Gasteiger partial charge in [0.25, 0.3) is 0 Å². The van der Waals surface area contributed by atoms with Gasteiger partial charge in [-0.2, -0.15) is 0 Å². The van der Waals surface area contributed by atoms with E-state index >= 15 is 0 Å². The van der Waals surface area contributed by atoms with Gasteiger partial charge in [-0.05, 0) is 71.3 Å². The average molecular weight is 274 g/mol. The molecule has 104 valence electrons. The Morgan fingerprint density at radius 2 is 1.57 bits per heavy atom. The fraction of sp³-hybridized carbons (Fsp3) is 0.250. The van der Waals surface area contributed by atoms with Crippen LogP contribution in [0.4, 0.5) is 0 Å². The molecule has 0 N–H and O–H groups in total. The van der Waals surface area contributed by atoms with Gasteiger partial charge in [-0.25, -0.2) is 0 Å². The first-order chi connectivity index (χ1) is 10.3. The van der Waals surface area contributed by atoms with Crippen molar-refractivity contribution < 1.29 is 4.79 Å². The van der Waals surface area contributed by atoms with Crippen LogP contribution < -0.4 is 0 Å². The Morgan fingerprint density at radius 1 is 0.857 bits per heavy atom. The van der Waals surface area contributed by atoms with Gasteiger partial charge in [0.2, 0.25) is 0 Å². The van der Waals surface area contributed by atoms with E-state index in [9.17, 15) is 4.79 Å². The number of hydrogen-bond donors (Lipinski definition) is 0. The maximum atomic E-state index is 12.1. The molecule has 0 amide bonds. The maximum absolute atomic E-state index is 12.1. The normalized spacial score (nSPS) is 14.3. The molecule has 3 aromatic rings. The van der Waals surface area contributed by atoms with Gasteiger partial charge in [-0.15, -0.1) is 0 Å². The Kier molecular flexibility index (Phi) is 2.81. The number of hydrogen-bond acceptors (Lipinski definition) is 1. The predicted octanol–water partition coefficient (Wildman–Crippen LogP) is 5.07. The molecular weight excluding hydrogens is 256 g/mol. The Labute approximate surface area is 124 Å². The van der Waals surface area contributed by atoms with Gasteiger partial charge in [0.05, 0.1) is 0 Å². The lowest BCUT2D eigenvalue weighted by molar-refractivity contribution is 0.101. The van der Waals surface area contributed by atoms with E-state index in [0.717, 1.165) is 17.4 Å². The molecule has 3 aromatic carbocycles. The van der Waals surface area contributed by atoms with Crippen LogP contribution in [0, 0.1) is 0 Å².